The molecule has 6 nitrogen and oxygen atoms in total. The van der Waals surface area contributed by atoms with Crippen molar-refractivity contribution < 1.29 is 13.6 Å². The Bertz CT molecular complexity index is 939. The third-order valence-corrected chi connectivity index (χ3v) is 4.53. The largest absolute Gasteiger partial charge is 0.466 e. The summed E-state index contributed by atoms with van der Waals surface area (Å²) in [5.74, 6) is 1.55. The van der Waals surface area contributed by atoms with E-state index in [4.69, 9.17) is 8.83 Å². The molecule has 0 saturated carbocycles. The van der Waals surface area contributed by atoms with E-state index in [1.165, 1.54) is 24.0 Å². The van der Waals surface area contributed by atoms with Crippen LogP contribution in [0.5, 0.6) is 0 Å². The summed E-state index contributed by atoms with van der Waals surface area (Å²) in [6.45, 7) is 3.68. The third-order valence-electron chi connectivity index (χ3n) is 4.53. The standard InChI is InChI=1S/C19H19N3O3/c1-11-9-16(12(2)24-11)18-21-22-19(25-18)20-17(23)15-8-7-13-5-3-4-6-14(13)10-15/h7-10H,3-6H2,1-2H3,(H,20,22,23). The van der Waals surface area contributed by atoms with Crippen molar-refractivity contribution in [2.24, 2.45) is 0 Å². The van der Waals surface area contributed by atoms with E-state index < -0.39 is 0 Å². The molecule has 0 saturated heterocycles. The molecule has 6 heteroatoms. The van der Waals surface area contributed by atoms with Gasteiger partial charge in [0.2, 0.25) is 0 Å². The van der Waals surface area contributed by atoms with Crippen LogP contribution >= 0.6 is 0 Å². The minimum absolute atomic E-state index is 0.0796. The molecule has 4 rings (SSSR count). The van der Waals surface area contributed by atoms with Gasteiger partial charge >= 0.3 is 6.01 Å². The molecule has 1 aliphatic rings. The van der Waals surface area contributed by atoms with Gasteiger partial charge in [-0.15, -0.1) is 5.10 Å². The summed E-state index contributed by atoms with van der Waals surface area (Å²) in [6.07, 6.45) is 4.51. The zero-order valence-corrected chi connectivity index (χ0v) is 14.3. The lowest BCUT2D eigenvalue weighted by molar-refractivity contribution is 0.102. The minimum atomic E-state index is -0.247. The summed E-state index contributed by atoms with van der Waals surface area (Å²) in [6, 6.07) is 7.76. The Morgan fingerprint density at radius 3 is 2.60 bits per heavy atom. The fourth-order valence-electron chi connectivity index (χ4n) is 3.27. The third kappa shape index (κ3) is 3.07. The highest BCUT2D eigenvalue weighted by molar-refractivity contribution is 6.03. The highest BCUT2D eigenvalue weighted by Crippen LogP contribution is 2.27. The van der Waals surface area contributed by atoms with Crippen molar-refractivity contribution in [3.63, 3.8) is 0 Å². The van der Waals surface area contributed by atoms with Gasteiger partial charge in [-0.05, 0) is 68.9 Å². The number of furan rings is 1. The van der Waals surface area contributed by atoms with E-state index in [0.29, 0.717) is 17.2 Å². The SMILES string of the molecule is Cc1cc(-c2nnc(NC(=O)c3ccc4c(c3)CCCC4)o2)c(C)o1. The van der Waals surface area contributed by atoms with Gasteiger partial charge in [-0.3, -0.25) is 10.1 Å². The fourth-order valence-corrected chi connectivity index (χ4v) is 3.27. The lowest BCUT2D eigenvalue weighted by Crippen LogP contribution is -2.13. The molecule has 3 aromatic rings. The molecule has 0 spiro atoms. The van der Waals surface area contributed by atoms with Gasteiger partial charge in [0.15, 0.2) is 0 Å². The van der Waals surface area contributed by atoms with Crippen molar-refractivity contribution in [2.75, 3.05) is 5.32 Å². The Labute approximate surface area is 145 Å². The highest BCUT2D eigenvalue weighted by Gasteiger charge is 2.17. The first-order chi connectivity index (χ1) is 12.1. The Hall–Kier alpha value is -2.89. The first kappa shape index (κ1) is 15.6. The predicted octanol–water partition coefficient (Wildman–Crippen LogP) is 4.08. The lowest BCUT2D eigenvalue weighted by atomic mass is 9.90. The topological polar surface area (TPSA) is 81.2 Å². The van der Waals surface area contributed by atoms with Crippen LogP contribution in [0.1, 0.15) is 45.8 Å². The number of rotatable bonds is 3. The number of nitrogens with one attached hydrogen (secondary N) is 1. The van der Waals surface area contributed by atoms with Crippen molar-refractivity contribution in [3.8, 4) is 11.5 Å². The van der Waals surface area contributed by atoms with Gasteiger partial charge in [-0.1, -0.05) is 11.2 Å². The first-order valence-electron chi connectivity index (χ1n) is 8.44. The van der Waals surface area contributed by atoms with Crippen molar-refractivity contribution in [1.82, 2.24) is 10.2 Å². The van der Waals surface area contributed by atoms with Crippen LogP contribution in [0.15, 0.2) is 33.1 Å². The second-order valence-corrected chi connectivity index (χ2v) is 6.38. The maximum Gasteiger partial charge on any atom is 0.322 e. The maximum absolute atomic E-state index is 12.5. The van der Waals surface area contributed by atoms with Gasteiger partial charge in [0, 0.05) is 5.56 Å². The Balaban J connectivity index is 1.52. The molecule has 0 unspecified atom stereocenters. The molecule has 25 heavy (non-hydrogen) atoms. The van der Waals surface area contributed by atoms with Gasteiger partial charge in [0.1, 0.15) is 11.5 Å². The van der Waals surface area contributed by atoms with E-state index in [2.05, 4.69) is 15.5 Å². The van der Waals surface area contributed by atoms with E-state index in [9.17, 15) is 4.79 Å². The van der Waals surface area contributed by atoms with Gasteiger partial charge in [0.25, 0.3) is 11.8 Å². The Morgan fingerprint density at radius 2 is 1.84 bits per heavy atom. The summed E-state index contributed by atoms with van der Waals surface area (Å²) < 4.78 is 11.0. The summed E-state index contributed by atoms with van der Waals surface area (Å²) in [7, 11) is 0. The zero-order valence-electron chi connectivity index (χ0n) is 14.3. The molecule has 128 valence electrons. The average molecular weight is 337 g/mol. The van der Waals surface area contributed by atoms with Gasteiger partial charge in [0.05, 0.1) is 5.56 Å². The van der Waals surface area contributed by atoms with Crippen LogP contribution in [0.2, 0.25) is 0 Å². The molecule has 1 aromatic carbocycles. The lowest BCUT2D eigenvalue weighted by Gasteiger charge is -2.16. The van der Waals surface area contributed by atoms with Crippen molar-refractivity contribution in [3.05, 3.63) is 52.5 Å². The molecule has 0 radical (unpaired) electrons. The number of amides is 1. The molecule has 2 aromatic heterocycles. The molecule has 1 N–H and O–H groups in total. The summed E-state index contributed by atoms with van der Waals surface area (Å²) in [5.41, 5.74) is 3.94. The average Bonchev–Trinajstić information content (AvgIpc) is 3.20. The molecular weight excluding hydrogens is 318 g/mol. The van der Waals surface area contributed by atoms with E-state index in [1.807, 2.05) is 38.1 Å². The second-order valence-electron chi connectivity index (χ2n) is 6.38. The number of carbonyl (C=O) groups is 1. The van der Waals surface area contributed by atoms with Gasteiger partial charge < -0.3 is 8.83 Å². The number of carbonyl (C=O) groups excluding carboxylic acids is 1. The number of aryl methyl sites for hydroxylation is 4. The number of fused-ring (bicyclic) bond motifs is 1. The molecule has 0 fully saturated rings. The van der Waals surface area contributed by atoms with Crippen LogP contribution in [0.4, 0.5) is 6.01 Å². The Kier molecular flexibility index (Phi) is 3.87. The monoisotopic (exact) mass is 337 g/mol. The van der Waals surface area contributed by atoms with Crippen LogP contribution in [0, 0.1) is 13.8 Å². The smallest absolute Gasteiger partial charge is 0.322 e. The van der Waals surface area contributed by atoms with Crippen molar-refractivity contribution >= 4 is 11.9 Å². The second kappa shape index (κ2) is 6.20. The van der Waals surface area contributed by atoms with Crippen LogP contribution < -0.4 is 5.32 Å². The molecule has 1 aliphatic carbocycles. The number of benzene rings is 1. The number of nitrogens with zero attached hydrogens (tertiary/aromatic N) is 2. The molecule has 2 heterocycles. The molecule has 0 aliphatic heterocycles. The van der Waals surface area contributed by atoms with E-state index in [0.717, 1.165) is 24.2 Å². The number of anilines is 1. The predicted molar refractivity (Wildman–Crippen MR) is 92.5 cm³/mol. The van der Waals surface area contributed by atoms with E-state index in [-0.39, 0.29) is 11.9 Å². The van der Waals surface area contributed by atoms with Gasteiger partial charge in [-0.25, -0.2) is 0 Å². The molecule has 0 bridgehead atoms. The number of hydrogen-bond acceptors (Lipinski definition) is 5. The van der Waals surface area contributed by atoms with E-state index in [1.54, 1.807) is 0 Å². The van der Waals surface area contributed by atoms with Crippen LogP contribution in [0.3, 0.4) is 0 Å². The van der Waals surface area contributed by atoms with Crippen molar-refractivity contribution in [1.29, 1.82) is 0 Å². The fraction of sp³-hybridized carbons (Fsp3) is 0.316. The van der Waals surface area contributed by atoms with Crippen LogP contribution in [0.25, 0.3) is 11.5 Å². The molecular formula is C19H19N3O3. The van der Waals surface area contributed by atoms with Gasteiger partial charge in [-0.2, -0.15) is 0 Å². The minimum Gasteiger partial charge on any atom is -0.466 e. The first-order valence-corrected chi connectivity index (χ1v) is 8.44. The number of hydrogen-bond donors (Lipinski definition) is 1. The highest BCUT2D eigenvalue weighted by atomic mass is 16.4. The molecule has 1 amide bonds. The molecule has 0 atom stereocenters. The Morgan fingerprint density at radius 1 is 1.04 bits per heavy atom. The number of aromatic nitrogens is 2. The van der Waals surface area contributed by atoms with Crippen LogP contribution in [-0.4, -0.2) is 16.1 Å². The summed E-state index contributed by atoms with van der Waals surface area (Å²) in [5, 5.41) is 10.6. The quantitative estimate of drug-likeness (QED) is 0.779. The van der Waals surface area contributed by atoms with Crippen LogP contribution in [-0.2, 0) is 12.8 Å². The normalized spacial score (nSPS) is 13.5. The van der Waals surface area contributed by atoms with E-state index >= 15 is 0 Å². The van der Waals surface area contributed by atoms with Crippen molar-refractivity contribution in [2.45, 2.75) is 39.5 Å². The maximum atomic E-state index is 12.5. The zero-order chi connectivity index (χ0) is 17.4. The summed E-state index contributed by atoms with van der Waals surface area (Å²) in [4.78, 5) is 12.5. The summed E-state index contributed by atoms with van der Waals surface area (Å²) >= 11 is 0.